The molecule has 2 nitrogen and oxygen atoms in total. The maximum Gasteiger partial charge on any atom is 0.125 e. The molecule has 1 aromatic heterocycles. The summed E-state index contributed by atoms with van der Waals surface area (Å²) >= 11 is 5.97. The highest BCUT2D eigenvalue weighted by Gasteiger charge is 2.17. The van der Waals surface area contributed by atoms with Crippen LogP contribution in [0.2, 0.25) is 0 Å². The van der Waals surface area contributed by atoms with E-state index in [1.54, 1.807) is 12.1 Å². The second-order valence-corrected chi connectivity index (χ2v) is 4.78. The van der Waals surface area contributed by atoms with Crippen molar-refractivity contribution >= 4 is 22.6 Å². The summed E-state index contributed by atoms with van der Waals surface area (Å²) in [6.07, 6.45) is 3.15. The van der Waals surface area contributed by atoms with Gasteiger partial charge in [-0.1, -0.05) is 20.3 Å². The number of hydrogen-bond acceptors (Lipinski definition) is 1. The number of aromatic nitrogens is 2. The molecule has 18 heavy (non-hydrogen) atoms. The minimum atomic E-state index is -0.226. The van der Waals surface area contributed by atoms with E-state index in [1.807, 2.05) is 0 Å². The van der Waals surface area contributed by atoms with Crippen molar-refractivity contribution in [2.75, 3.05) is 0 Å². The predicted molar refractivity (Wildman–Crippen MR) is 73.5 cm³/mol. The fourth-order valence-electron chi connectivity index (χ4n) is 2.47. The number of nitrogens with zero attached hydrogens (tertiary/aromatic N) is 2. The molecule has 0 aliphatic carbocycles. The largest absolute Gasteiger partial charge is 0.324 e. The van der Waals surface area contributed by atoms with E-state index in [0.29, 0.717) is 11.9 Å². The van der Waals surface area contributed by atoms with E-state index in [9.17, 15) is 4.39 Å². The molecule has 0 amide bonds. The van der Waals surface area contributed by atoms with E-state index in [1.165, 1.54) is 6.07 Å². The molecule has 0 aliphatic heterocycles. The van der Waals surface area contributed by atoms with Crippen LogP contribution in [-0.2, 0) is 5.88 Å². The van der Waals surface area contributed by atoms with Crippen LogP contribution in [0.3, 0.4) is 0 Å². The monoisotopic (exact) mass is 268 g/mol. The zero-order chi connectivity index (χ0) is 13.1. The summed E-state index contributed by atoms with van der Waals surface area (Å²) < 4.78 is 15.5. The summed E-state index contributed by atoms with van der Waals surface area (Å²) in [5.74, 6) is 0.963. The molecule has 1 heterocycles. The van der Waals surface area contributed by atoms with Crippen molar-refractivity contribution in [2.24, 2.45) is 0 Å². The average Bonchev–Trinajstić information content (AvgIpc) is 2.73. The zero-order valence-corrected chi connectivity index (χ0v) is 11.5. The third kappa shape index (κ3) is 2.37. The maximum absolute atomic E-state index is 13.4. The summed E-state index contributed by atoms with van der Waals surface area (Å²) in [5.41, 5.74) is 1.67. The highest BCUT2D eigenvalue weighted by Crippen LogP contribution is 2.27. The van der Waals surface area contributed by atoms with Crippen molar-refractivity contribution in [3.63, 3.8) is 0 Å². The van der Waals surface area contributed by atoms with Gasteiger partial charge in [-0.25, -0.2) is 9.37 Å². The third-order valence-electron chi connectivity index (χ3n) is 3.30. The molecule has 0 N–H and O–H groups in total. The molecule has 0 fully saturated rings. The fraction of sp³-hybridized carbons (Fsp3) is 0.500. The van der Waals surface area contributed by atoms with Gasteiger partial charge in [-0.05, 0) is 31.0 Å². The molecule has 0 saturated carbocycles. The number of alkyl halides is 1. The number of imidazole rings is 1. The first-order valence-corrected chi connectivity index (χ1v) is 6.97. The van der Waals surface area contributed by atoms with E-state index in [-0.39, 0.29) is 5.82 Å². The van der Waals surface area contributed by atoms with Gasteiger partial charge in [-0.2, -0.15) is 0 Å². The minimum Gasteiger partial charge on any atom is -0.324 e. The molecule has 0 radical (unpaired) electrons. The second-order valence-electron chi connectivity index (χ2n) is 4.52. The van der Waals surface area contributed by atoms with Crippen LogP contribution in [0, 0.1) is 5.82 Å². The van der Waals surface area contributed by atoms with Crippen LogP contribution in [0.1, 0.15) is 45.0 Å². The standard InChI is InChI=1S/C14H18ClFN2/c1-3-5-11(4-2)18-13-8-10(16)6-7-12(13)17-14(18)9-15/h6-8,11H,3-5,9H2,1-2H3. The summed E-state index contributed by atoms with van der Waals surface area (Å²) in [4.78, 5) is 4.49. The first-order valence-electron chi connectivity index (χ1n) is 6.43. The Labute approximate surface area is 112 Å². The van der Waals surface area contributed by atoms with Crippen molar-refractivity contribution < 1.29 is 4.39 Å². The number of fused-ring (bicyclic) bond motifs is 1. The first-order chi connectivity index (χ1) is 8.71. The topological polar surface area (TPSA) is 17.8 Å². The fourth-order valence-corrected chi connectivity index (χ4v) is 2.66. The van der Waals surface area contributed by atoms with Crippen molar-refractivity contribution in [2.45, 2.75) is 45.0 Å². The Morgan fingerprint density at radius 1 is 1.39 bits per heavy atom. The molecule has 4 heteroatoms. The lowest BCUT2D eigenvalue weighted by Crippen LogP contribution is -2.11. The van der Waals surface area contributed by atoms with Gasteiger partial charge in [0.05, 0.1) is 16.9 Å². The normalized spacial score (nSPS) is 13.1. The van der Waals surface area contributed by atoms with Crippen molar-refractivity contribution in [3.05, 3.63) is 29.8 Å². The number of rotatable bonds is 5. The van der Waals surface area contributed by atoms with Gasteiger partial charge in [0.15, 0.2) is 0 Å². The lowest BCUT2D eigenvalue weighted by molar-refractivity contribution is 0.448. The molecule has 1 atom stereocenters. The van der Waals surface area contributed by atoms with Crippen LogP contribution < -0.4 is 0 Å². The highest BCUT2D eigenvalue weighted by atomic mass is 35.5. The van der Waals surface area contributed by atoms with Crippen LogP contribution >= 0.6 is 11.6 Å². The van der Waals surface area contributed by atoms with Crippen LogP contribution in [0.15, 0.2) is 18.2 Å². The van der Waals surface area contributed by atoms with Crippen molar-refractivity contribution in [1.82, 2.24) is 9.55 Å². The first kappa shape index (κ1) is 13.3. The SMILES string of the molecule is CCCC(CC)n1c(CCl)nc2ccc(F)cc21. The Morgan fingerprint density at radius 3 is 2.78 bits per heavy atom. The number of benzene rings is 1. The second kappa shape index (κ2) is 5.70. The number of halogens is 2. The maximum atomic E-state index is 13.4. The number of hydrogen-bond donors (Lipinski definition) is 0. The van der Waals surface area contributed by atoms with E-state index in [0.717, 1.165) is 36.1 Å². The van der Waals surface area contributed by atoms with Gasteiger partial charge in [-0.15, -0.1) is 11.6 Å². The van der Waals surface area contributed by atoms with E-state index in [2.05, 4.69) is 23.4 Å². The summed E-state index contributed by atoms with van der Waals surface area (Å²) in [7, 11) is 0. The Balaban J connectivity index is 2.60. The molecule has 98 valence electrons. The summed E-state index contributed by atoms with van der Waals surface area (Å²) in [6.45, 7) is 4.30. The predicted octanol–water partition coefficient (Wildman–Crippen LogP) is 4.67. The van der Waals surface area contributed by atoms with E-state index >= 15 is 0 Å². The Morgan fingerprint density at radius 2 is 2.17 bits per heavy atom. The summed E-state index contributed by atoms with van der Waals surface area (Å²) in [5, 5.41) is 0. The van der Waals surface area contributed by atoms with Gasteiger partial charge in [0, 0.05) is 6.04 Å². The van der Waals surface area contributed by atoms with E-state index < -0.39 is 0 Å². The van der Waals surface area contributed by atoms with Crippen molar-refractivity contribution in [3.8, 4) is 0 Å². The quantitative estimate of drug-likeness (QED) is 0.721. The van der Waals surface area contributed by atoms with E-state index in [4.69, 9.17) is 11.6 Å². The van der Waals surface area contributed by atoms with Crippen LogP contribution in [0.25, 0.3) is 11.0 Å². The molecular formula is C14H18ClFN2. The molecule has 1 unspecified atom stereocenters. The molecule has 2 rings (SSSR count). The van der Waals surface area contributed by atoms with Gasteiger partial charge in [0.1, 0.15) is 11.6 Å². The van der Waals surface area contributed by atoms with Crippen LogP contribution in [0.5, 0.6) is 0 Å². The molecule has 0 bridgehead atoms. The molecule has 1 aromatic carbocycles. The molecule has 0 saturated heterocycles. The Bertz CT molecular complexity index is 536. The Kier molecular flexibility index (Phi) is 4.23. The van der Waals surface area contributed by atoms with Crippen LogP contribution in [0.4, 0.5) is 4.39 Å². The summed E-state index contributed by atoms with van der Waals surface area (Å²) in [6, 6.07) is 5.06. The van der Waals surface area contributed by atoms with Gasteiger partial charge >= 0.3 is 0 Å². The highest BCUT2D eigenvalue weighted by molar-refractivity contribution is 6.16. The molecular weight excluding hydrogens is 251 g/mol. The van der Waals surface area contributed by atoms with Gasteiger partial charge in [0.25, 0.3) is 0 Å². The third-order valence-corrected chi connectivity index (χ3v) is 3.54. The lowest BCUT2D eigenvalue weighted by atomic mass is 10.1. The van der Waals surface area contributed by atoms with Crippen LogP contribution in [-0.4, -0.2) is 9.55 Å². The molecule has 0 spiro atoms. The van der Waals surface area contributed by atoms with Gasteiger partial charge < -0.3 is 4.57 Å². The molecule has 0 aliphatic rings. The van der Waals surface area contributed by atoms with Gasteiger partial charge in [-0.3, -0.25) is 0 Å². The zero-order valence-electron chi connectivity index (χ0n) is 10.8. The lowest BCUT2D eigenvalue weighted by Gasteiger charge is -2.19. The van der Waals surface area contributed by atoms with Gasteiger partial charge in [0.2, 0.25) is 0 Å². The minimum absolute atomic E-state index is 0.226. The average molecular weight is 269 g/mol. The van der Waals surface area contributed by atoms with Crippen molar-refractivity contribution in [1.29, 1.82) is 0 Å². The smallest absolute Gasteiger partial charge is 0.125 e. The molecule has 2 aromatic rings. The Hall–Kier alpha value is -1.09.